The van der Waals surface area contributed by atoms with Gasteiger partial charge in [-0.25, -0.2) is 0 Å². The summed E-state index contributed by atoms with van der Waals surface area (Å²) in [5.41, 5.74) is 0. The van der Waals surface area contributed by atoms with Crippen molar-refractivity contribution in [1.82, 2.24) is 4.90 Å². The fourth-order valence-electron chi connectivity index (χ4n) is 2.81. The zero-order valence-corrected chi connectivity index (χ0v) is 10.5. The minimum atomic E-state index is -4.16. The summed E-state index contributed by atoms with van der Waals surface area (Å²) in [6.45, 7) is 3.28. The molecular formula is C12H22F3NO. The number of nitrogens with zero attached hydrogens (tertiary/aromatic N) is 1. The molecule has 0 aromatic heterocycles. The molecule has 1 aliphatic carbocycles. The van der Waals surface area contributed by atoms with Gasteiger partial charge in [-0.05, 0) is 31.7 Å². The van der Waals surface area contributed by atoms with Crippen LogP contribution in [0.15, 0.2) is 0 Å². The zero-order chi connectivity index (χ0) is 13.1. The fourth-order valence-corrected chi connectivity index (χ4v) is 2.81. The summed E-state index contributed by atoms with van der Waals surface area (Å²) >= 11 is 0. The van der Waals surface area contributed by atoms with Crippen LogP contribution in [-0.4, -0.2) is 41.4 Å². The lowest BCUT2D eigenvalue weighted by molar-refractivity contribution is -0.156. The molecule has 3 atom stereocenters. The normalized spacial score (nSPS) is 30.9. The van der Waals surface area contributed by atoms with E-state index in [0.717, 1.165) is 19.3 Å². The number of alkyl halides is 3. The first kappa shape index (κ1) is 14.8. The smallest absolute Gasteiger partial charge is 0.393 e. The molecular weight excluding hydrogens is 231 g/mol. The Labute approximate surface area is 101 Å². The predicted octanol–water partition coefficient (Wildman–Crippen LogP) is 2.81. The Hall–Kier alpha value is -0.290. The Morgan fingerprint density at radius 1 is 1.24 bits per heavy atom. The van der Waals surface area contributed by atoms with Crippen LogP contribution in [0.4, 0.5) is 13.2 Å². The Morgan fingerprint density at radius 3 is 2.35 bits per heavy atom. The summed E-state index contributed by atoms with van der Waals surface area (Å²) in [5.74, 6) is 0.278. The molecule has 0 amide bonds. The second-order valence-corrected chi connectivity index (χ2v) is 4.88. The SMILES string of the molecule is CCC1CCC(O)CC1N(CC)CC(F)(F)F. The van der Waals surface area contributed by atoms with Crippen LogP contribution in [0.1, 0.15) is 39.5 Å². The number of aliphatic hydroxyl groups is 1. The number of hydrogen-bond donors (Lipinski definition) is 1. The standard InChI is InChI=1S/C12H22F3NO/c1-3-9-5-6-10(17)7-11(9)16(4-2)8-12(13,14)15/h9-11,17H,3-8H2,1-2H3. The Morgan fingerprint density at radius 2 is 1.88 bits per heavy atom. The molecule has 17 heavy (non-hydrogen) atoms. The maximum absolute atomic E-state index is 12.5. The van der Waals surface area contributed by atoms with Crippen molar-refractivity contribution < 1.29 is 18.3 Å². The van der Waals surface area contributed by atoms with Crippen LogP contribution < -0.4 is 0 Å². The summed E-state index contributed by atoms with van der Waals surface area (Å²) in [7, 11) is 0. The minimum Gasteiger partial charge on any atom is -0.393 e. The monoisotopic (exact) mass is 253 g/mol. The van der Waals surface area contributed by atoms with Crippen LogP contribution in [0.2, 0.25) is 0 Å². The topological polar surface area (TPSA) is 23.5 Å². The summed E-state index contributed by atoms with van der Waals surface area (Å²) in [6.07, 6.45) is -1.69. The fraction of sp³-hybridized carbons (Fsp3) is 1.00. The highest BCUT2D eigenvalue weighted by Gasteiger charge is 2.38. The van der Waals surface area contributed by atoms with Crippen LogP contribution in [0.5, 0.6) is 0 Å². The second kappa shape index (κ2) is 6.05. The van der Waals surface area contributed by atoms with E-state index in [1.54, 1.807) is 6.92 Å². The van der Waals surface area contributed by atoms with Gasteiger partial charge in [0.05, 0.1) is 12.6 Å². The van der Waals surface area contributed by atoms with E-state index in [2.05, 4.69) is 0 Å². The third kappa shape index (κ3) is 4.47. The van der Waals surface area contributed by atoms with Crippen LogP contribution >= 0.6 is 0 Å². The van der Waals surface area contributed by atoms with Gasteiger partial charge < -0.3 is 5.11 Å². The van der Waals surface area contributed by atoms with Gasteiger partial charge in [0, 0.05) is 6.04 Å². The molecule has 0 aliphatic heterocycles. The lowest BCUT2D eigenvalue weighted by Gasteiger charge is -2.41. The lowest BCUT2D eigenvalue weighted by Crippen LogP contribution is -2.48. The quantitative estimate of drug-likeness (QED) is 0.832. The van der Waals surface area contributed by atoms with Gasteiger partial charge in [-0.15, -0.1) is 0 Å². The molecule has 1 aliphatic rings. The highest BCUT2D eigenvalue weighted by Crippen LogP contribution is 2.32. The van der Waals surface area contributed by atoms with Crippen molar-refractivity contribution in [2.75, 3.05) is 13.1 Å². The summed E-state index contributed by atoms with van der Waals surface area (Å²) in [6, 6.07) is -0.129. The molecule has 0 saturated heterocycles. The first-order valence-corrected chi connectivity index (χ1v) is 6.36. The maximum Gasteiger partial charge on any atom is 0.401 e. The minimum absolute atomic E-state index is 0.129. The van der Waals surface area contributed by atoms with Crippen LogP contribution in [0.3, 0.4) is 0 Å². The maximum atomic E-state index is 12.5. The third-order valence-corrected chi connectivity index (χ3v) is 3.71. The van der Waals surface area contributed by atoms with Gasteiger partial charge in [0.25, 0.3) is 0 Å². The number of aliphatic hydroxyl groups excluding tert-OH is 1. The van der Waals surface area contributed by atoms with E-state index in [-0.39, 0.29) is 12.0 Å². The number of halogens is 3. The van der Waals surface area contributed by atoms with Crippen molar-refractivity contribution in [2.45, 2.75) is 57.9 Å². The van der Waals surface area contributed by atoms with E-state index in [0.29, 0.717) is 13.0 Å². The molecule has 102 valence electrons. The van der Waals surface area contributed by atoms with Gasteiger partial charge in [-0.3, -0.25) is 4.90 Å². The molecule has 0 aromatic carbocycles. The van der Waals surface area contributed by atoms with Gasteiger partial charge in [0.1, 0.15) is 0 Å². The first-order chi connectivity index (χ1) is 7.87. The van der Waals surface area contributed by atoms with Crippen molar-refractivity contribution in [2.24, 2.45) is 5.92 Å². The predicted molar refractivity (Wildman–Crippen MR) is 60.7 cm³/mol. The molecule has 3 unspecified atom stereocenters. The number of rotatable bonds is 4. The Bertz CT molecular complexity index is 232. The summed E-state index contributed by atoms with van der Waals surface area (Å²) in [4.78, 5) is 1.47. The van der Waals surface area contributed by atoms with Gasteiger partial charge in [0.2, 0.25) is 0 Å². The van der Waals surface area contributed by atoms with Gasteiger partial charge >= 0.3 is 6.18 Å². The molecule has 0 bridgehead atoms. The average Bonchev–Trinajstić information content (AvgIpc) is 2.24. The van der Waals surface area contributed by atoms with Crippen LogP contribution in [0, 0.1) is 5.92 Å². The highest BCUT2D eigenvalue weighted by atomic mass is 19.4. The van der Waals surface area contributed by atoms with Gasteiger partial charge in [0.15, 0.2) is 0 Å². The largest absolute Gasteiger partial charge is 0.401 e. The second-order valence-electron chi connectivity index (χ2n) is 4.88. The van der Waals surface area contributed by atoms with Crippen molar-refractivity contribution in [1.29, 1.82) is 0 Å². The molecule has 5 heteroatoms. The van der Waals surface area contributed by atoms with E-state index in [1.165, 1.54) is 4.90 Å². The van der Waals surface area contributed by atoms with E-state index in [1.807, 2.05) is 6.92 Å². The van der Waals surface area contributed by atoms with E-state index >= 15 is 0 Å². The van der Waals surface area contributed by atoms with Gasteiger partial charge in [-0.1, -0.05) is 20.3 Å². The van der Waals surface area contributed by atoms with Gasteiger partial charge in [-0.2, -0.15) is 13.2 Å². The van der Waals surface area contributed by atoms with Crippen molar-refractivity contribution in [3.8, 4) is 0 Å². The zero-order valence-electron chi connectivity index (χ0n) is 10.5. The average molecular weight is 253 g/mol. The summed E-state index contributed by atoms with van der Waals surface area (Å²) < 4.78 is 37.4. The van der Waals surface area contributed by atoms with Crippen molar-refractivity contribution >= 4 is 0 Å². The van der Waals surface area contributed by atoms with Crippen molar-refractivity contribution in [3.05, 3.63) is 0 Å². The molecule has 2 nitrogen and oxygen atoms in total. The number of hydrogen-bond acceptors (Lipinski definition) is 2. The highest BCUT2D eigenvalue weighted by molar-refractivity contribution is 4.86. The van der Waals surface area contributed by atoms with E-state index < -0.39 is 18.8 Å². The summed E-state index contributed by atoms with van der Waals surface area (Å²) in [5, 5.41) is 9.63. The Balaban J connectivity index is 2.69. The van der Waals surface area contributed by atoms with Crippen LogP contribution in [0.25, 0.3) is 0 Å². The molecule has 0 heterocycles. The molecule has 1 fully saturated rings. The van der Waals surface area contributed by atoms with E-state index in [9.17, 15) is 18.3 Å². The molecule has 0 spiro atoms. The first-order valence-electron chi connectivity index (χ1n) is 6.36. The molecule has 0 aromatic rings. The van der Waals surface area contributed by atoms with Crippen molar-refractivity contribution in [3.63, 3.8) is 0 Å². The molecule has 1 N–H and O–H groups in total. The Kier molecular flexibility index (Phi) is 5.25. The van der Waals surface area contributed by atoms with E-state index in [4.69, 9.17) is 0 Å². The molecule has 1 rings (SSSR count). The molecule has 1 saturated carbocycles. The molecule has 0 radical (unpaired) electrons. The third-order valence-electron chi connectivity index (χ3n) is 3.71. The van der Waals surface area contributed by atoms with Crippen LogP contribution in [-0.2, 0) is 0 Å². The lowest BCUT2D eigenvalue weighted by atomic mass is 9.80.